The summed E-state index contributed by atoms with van der Waals surface area (Å²) in [7, 11) is -4.47. The summed E-state index contributed by atoms with van der Waals surface area (Å²) in [5.74, 6) is 0.169. The van der Waals surface area contributed by atoms with Crippen LogP contribution in [0.5, 0.6) is 0 Å². The average Bonchev–Trinajstić information content (AvgIpc) is 2.97. The molecule has 2 rings (SSSR count). The van der Waals surface area contributed by atoms with Gasteiger partial charge in [-0.1, -0.05) is 5.16 Å². The maximum absolute atomic E-state index is 12.7. The number of hydrogen-bond acceptors (Lipinski definition) is 6. The van der Waals surface area contributed by atoms with Crippen LogP contribution in [-0.4, -0.2) is 30.8 Å². The number of aromatic nitrogens is 1. The van der Waals surface area contributed by atoms with Crippen LogP contribution in [0.4, 0.5) is 3.89 Å². The van der Waals surface area contributed by atoms with Gasteiger partial charge in [0.2, 0.25) is 0 Å². The van der Waals surface area contributed by atoms with Gasteiger partial charge in [-0.25, -0.2) is 0 Å². The second-order valence-electron chi connectivity index (χ2n) is 4.51. The molecule has 20 heavy (non-hydrogen) atoms. The van der Waals surface area contributed by atoms with Gasteiger partial charge in [0.25, 0.3) is 0 Å². The third-order valence-corrected chi connectivity index (χ3v) is 4.10. The third kappa shape index (κ3) is 5.03. The Labute approximate surface area is 121 Å². The first-order chi connectivity index (χ1) is 9.42. The van der Waals surface area contributed by atoms with Crippen molar-refractivity contribution in [2.24, 2.45) is 0 Å². The first kappa shape index (κ1) is 15.1. The molecule has 2 heterocycles. The molecule has 0 unspecified atom stereocenters. The van der Waals surface area contributed by atoms with Crippen LogP contribution in [0.3, 0.4) is 0 Å². The van der Waals surface area contributed by atoms with Crippen LogP contribution in [-0.2, 0) is 23.3 Å². The summed E-state index contributed by atoms with van der Waals surface area (Å²) in [6, 6.07) is 3.74. The number of nitrogens with zero attached hydrogens (tertiary/aromatic N) is 2. The fourth-order valence-corrected chi connectivity index (χ4v) is 2.95. The van der Waals surface area contributed by atoms with E-state index in [2.05, 4.69) is 5.16 Å². The minimum Gasteiger partial charge on any atom is -0.361 e. The lowest BCUT2D eigenvalue weighted by Crippen LogP contribution is -2.27. The van der Waals surface area contributed by atoms with Gasteiger partial charge in [0, 0.05) is 25.7 Å². The third-order valence-electron chi connectivity index (χ3n) is 2.70. The lowest BCUT2D eigenvalue weighted by atomic mass is 10.3. The molecule has 0 fully saturated rings. The molecule has 0 aromatic carbocycles. The van der Waals surface area contributed by atoms with Gasteiger partial charge < -0.3 is 4.52 Å². The highest BCUT2D eigenvalue weighted by atomic mass is 32.3. The lowest BCUT2D eigenvalue weighted by molar-refractivity contribution is 0.261. The second-order valence-corrected chi connectivity index (χ2v) is 6.78. The fraction of sp³-hybridized carbons (Fsp3) is 0.417. The monoisotopic (exact) mass is 318 g/mol. The molecule has 2 aromatic rings. The summed E-state index contributed by atoms with van der Waals surface area (Å²) in [6.45, 7) is 2.86. The number of aryl methyl sites for hydroxylation is 1. The highest BCUT2D eigenvalue weighted by molar-refractivity contribution is 7.86. The molecule has 0 saturated heterocycles. The van der Waals surface area contributed by atoms with Gasteiger partial charge in [-0.2, -0.15) is 19.8 Å². The van der Waals surface area contributed by atoms with Crippen LogP contribution in [0, 0.1) is 6.92 Å². The van der Waals surface area contributed by atoms with Crippen molar-refractivity contribution in [3.8, 4) is 0 Å². The normalized spacial score (nSPS) is 12.2. The van der Waals surface area contributed by atoms with Crippen molar-refractivity contribution in [2.45, 2.75) is 20.0 Å². The molecule has 0 aliphatic rings. The zero-order valence-corrected chi connectivity index (χ0v) is 12.6. The largest absolute Gasteiger partial charge is 0.361 e. The van der Waals surface area contributed by atoms with Gasteiger partial charge in [-0.15, -0.1) is 3.89 Å². The topological polar surface area (TPSA) is 63.4 Å². The van der Waals surface area contributed by atoms with E-state index < -0.39 is 16.0 Å². The van der Waals surface area contributed by atoms with Gasteiger partial charge in [-0.3, -0.25) is 4.90 Å². The molecule has 0 spiro atoms. The SMILES string of the molecule is Cc1cc(CN(CCS(=O)(=O)F)Cc2ccsc2)no1. The molecule has 0 atom stereocenters. The first-order valence-electron chi connectivity index (χ1n) is 6.00. The Hall–Kier alpha value is -1.25. The lowest BCUT2D eigenvalue weighted by Gasteiger charge is -2.19. The Kier molecular flexibility index (Phi) is 4.90. The molecule has 110 valence electrons. The van der Waals surface area contributed by atoms with E-state index in [1.807, 2.05) is 21.7 Å². The Bertz CT molecular complexity index is 637. The van der Waals surface area contributed by atoms with E-state index >= 15 is 0 Å². The maximum Gasteiger partial charge on any atom is 0.303 e. The molecule has 0 aliphatic heterocycles. The van der Waals surface area contributed by atoms with E-state index in [-0.39, 0.29) is 6.54 Å². The molecular weight excluding hydrogens is 303 g/mol. The molecule has 0 aliphatic carbocycles. The Morgan fingerprint density at radius 1 is 1.45 bits per heavy atom. The van der Waals surface area contributed by atoms with Crippen LogP contribution in [0.15, 0.2) is 27.4 Å². The molecule has 8 heteroatoms. The number of halogens is 1. The summed E-state index contributed by atoms with van der Waals surface area (Å²) in [4.78, 5) is 1.83. The second kappa shape index (κ2) is 6.47. The number of hydrogen-bond donors (Lipinski definition) is 0. The van der Waals surface area contributed by atoms with E-state index in [1.165, 1.54) is 0 Å². The predicted octanol–water partition coefficient (Wildman–Crippen LogP) is 2.35. The predicted molar refractivity (Wildman–Crippen MR) is 74.6 cm³/mol. The zero-order valence-electron chi connectivity index (χ0n) is 11.0. The Morgan fingerprint density at radius 2 is 2.25 bits per heavy atom. The standard InChI is InChI=1S/C12H15FN2O3S2/c1-10-6-12(14-18-10)8-15(3-5-20(13,16)17)7-11-2-4-19-9-11/h2,4,6,9H,3,5,7-8H2,1H3. The van der Waals surface area contributed by atoms with E-state index in [0.29, 0.717) is 24.5 Å². The van der Waals surface area contributed by atoms with Gasteiger partial charge >= 0.3 is 10.2 Å². The highest BCUT2D eigenvalue weighted by Crippen LogP contribution is 2.13. The van der Waals surface area contributed by atoms with Crippen molar-refractivity contribution < 1.29 is 16.8 Å². The van der Waals surface area contributed by atoms with E-state index in [9.17, 15) is 12.3 Å². The number of thiophene rings is 1. The van der Waals surface area contributed by atoms with Crippen molar-refractivity contribution in [1.29, 1.82) is 0 Å². The van der Waals surface area contributed by atoms with Gasteiger partial charge in [0.15, 0.2) is 0 Å². The average molecular weight is 318 g/mol. The van der Waals surface area contributed by atoms with Crippen LogP contribution >= 0.6 is 11.3 Å². The Morgan fingerprint density at radius 3 is 2.80 bits per heavy atom. The van der Waals surface area contributed by atoms with Crippen molar-refractivity contribution in [3.63, 3.8) is 0 Å². The van der Waals surface area contributed by atoms with Crippen LogP contribution in [0.2, 0.25) is 0 Å². The molecule has 0 bridgehead atoms. The maximum atomic E-state index is 12.7. The van der Waals surface area contributed by atoms with Crippen LogP contribution in [0.1, 0.15) is 17.0 Å². The minimum atomic E-state index is -4.47. The molecule has 0 N–H and O–H groups in total. The van der Waals surface area contributed by atoms with Crippen LogP contribution < -0.4 is 0 Å². The Balaban J connectivity index is 2.02. The van der Waals surface area contributed by atoms with Crippen molar-refractivity contribution in [3.05, 3.63) is 39.9 Å². The van der Waals surface area contributed by atoms with E-state index in [1.54, 1.807) is 24.3 Å². The molecule has 0 saturated carbocycles. The molecular formula is C12H15FN2O3S2. The minimum absolute atomic E-state index is 0.112. The van der Waals surface area contributed by atoms with Crippen molar-refractivity contribution >= 4 is 21.6 Å². The van der Waals surface area contributed by atoms with Gasteiger partial charge in [0.05, 0.1) is 11.4 Å². The molecule has 0 radical (unpaired) electrons. The summed E-state index contributed by atoms with van der Waals surface area (Å²) in [5.41, 5.74) is 1.76. The number of rotatable bonds is 7. The molecule has 5 nitrogen and oxygen atoms in total. The zero-order chi connectivity index (χ0) is 14.6. The van der Waals surface area contributed by atoms with E-state index in [4.69, 9.17) is 4.52 Å². The molecule has 2 aromatic heterocycles. The highest BCUT2D eigenvalue weighted by Gasteiger charge is 2.15. The fourth-order valence-electron chi connectivity index (χ4n) is 1.81. The summed E-state index contributed by atoms with van der Waals surface area (Å²) in [5, 5.41) is 7.79. The molecule has 0 amide bonds. The summed E-state index contributed by atoms with van der Waals surface area (Å²) < 4.78 is 39.0. The first-order valence-corrected chi connectivity index (χ1v) is 8.50. The van der Waals surface area contributed by atoms with Crippen molar-refractivity contribution in [1.82, 2.24) is 10.1 Å². The van der Waals surface area contributed by atoms with Crippen LogP contribution in [0.25, 0.3) is 0 Å². The smallest absolute Gasteiger partial charge is 0.303 e. The summed E-state index contributed by atoms with van der Waals surface area (Å²) >= 11 is 1.56. The van der Waals surface area contributed by atoms with Gasteiger partial charge in [0.1, 0.15) is 5.76 Å². The quantitative estimate of drug-likeness (QED) is 0.733. The van der Waals surface area contributed by atoms with E-state index in [0.717, 1.165) is 5.56 Å². The van der Waals surface area contributed by atoms with Gasteiger partial charge in [-0.05, 0) is 29.3 Å². The summed E-state index contributed by atoms with van der Waals surface area (Å²) in [6.07, 6.45) is 0. The van der Waals surface area contributed by atoms with Crippen molar-refractivity contribution in [2.75, 3.05) is 12.3 Å².